The van der Waals surface area contributed by atoms with Crippen molar-refractivity contribution in [3.8, 4) is 11.8 Å². The van der Waals surface area contributed by atoms with E-state index in [2.05, 4.69) is 16.6 Å². The summed E-state index contributed by atoms with van der Waals surface area (Å²) in [6, 6.07) is 0. The first kappa shape index (κ1) is 9.73. The van der Waals surface area contributed by atoms with Gasteiger partial charge in [0.05, 0.1) is 7.11 Å². The predicted octanol–water partition coefficient (Wildman–Crippen LogP) is 0.0998. The Morgan fingerprint density at radius 3 is 2.82 bits per heavy atom. The number of allylic oxidation sites excluding steroid dienone is 1. The van der Waals surface area contributed by atoms with E-state index in [-0.39, 0.29) is 0 Å². The number of ether oxygens (including phenoxy) is 1. The van der Waals surface area contributed by atoms with Crippen molar-refractivity contribution < 1.29 is 14.6 Å². The van der Waals surface area contributed by atoms with Crippen molar-refractivity contribution >= 4 is 5.97 Å². The van der Waals surface area contributed by atoms with E-state index in [9.17, 15) is 4.79 Å². The van der Waals surface area contributed by atoms with Crippen LogP contribution >= 0.6 is 0 Å². The highest BCUT2D eigenvalue weighted by molar-refractivity contribution is 5.88. The number of aliphatic hydroxyl groups is 1. The normalized spacial score (nSPS) is 11.9. The maximum absolute atomic E-state index is 10.4. The highest BCUT2D eigenvalue weighted by atomic mass is 16.5. The van der Waals surface area contributed by atoms with E-state index in [0.29, 0.717) is 0 Å². The van der Waals surface area contributed by atoms with E-state index in [1.807, 2.05) is 0 Å². The molecule has 0 aromatic carbocycles. The van der Waals surface area contributed by atoms with Crippen molar-refractivity contribution in [2.45, 2.75) is 13.0 Å². The minimum atomic E-state index is -0.890. The van der Waals surface area contributed by atoms with E-state index >= 15 is 0 Å². The number of rotatable bonds is 1. The van der Waals surface area contributed by atoms with Crippen molar-refractivity contribution in [2.75, 3.05) is 7.11 Å². The first-order chi connectivity index (χ1) is 5.20. The zero-order chi connectivity index (χ0) is 8.69. The summed E-state index contributed by atoms with van der Waals surface area (Å²) in [7, 11) is 1.24. The summed E-state index contributed by atoms with van der Waals surface area (Å²) in [5.74, 6) is 3.74. The van der Waals surface area contributed by atoms with Gasteiger partial charge in [-0.1, -0.05) is 12.0 Å². The number of esters is 1. The first-order valence-electron chi connectivity index (χ1n) is 3.11. The maximum atomic E-state index is 10.4. The van der Waals surface area contributed by atoms with Crippen LogP contribution in [0.1, 0.15) is 6.92 Å². The fourth-order valence-corrected chi connectivity index (χ4v) is 0.414. The van der Waals surface area contributed by atoms with Crippen LogP contribution in [-0.4, -0.2) is 24.3 Å². The van der Waals surface area contributed by atoms with E-state index in [1.54, 1.807) is 13.0 Å². The molecule has 0 aromatic rings. The van der Waals surface area contributed by atoms with Crippen molar-refractivity contribution in [2.24, 2.45) is 0 Å². The Kier molecular flexibility index (Phi) is 4.87. The van der Waals surface area contributed by atoms with Crippen molar-refractivity contribution in [3.63, 3.8) is 0 Å². The van der Waals surface area contributed by atoms with E-state index in [4.69, 9.17) is 5.11 Å². The topological polar surface area (TPSA) is 46.5 Å². The summed E-state index contributed by atoms with van der Waals surface area (Å²) in [6.45, 7) is 1.75. The third-order valence-electron chi connectivity index (χ3n) is 0.882. The van der Waals surface area contributed by atoms with Gasteiger partial charge in [0.1, 0.15) is 6.10 Å². The number of carbonyl (C=O) groups excluding carboxylic acids is 1. The molecule has 1 N–H and O–H groups in total. The number of methoxy groups -OCH3 is 1. The van der Waals surface area contributed by atoms with Gasteiger partial charge in [0.15, 0.2) is 0 Å². The largest absolute Gasteiger partial charge is 0.459 e. The number of hydrogen-bond acceptors (Lipinski definition) is 3. The molecular weight excluding hydrogens is 144 g/mol. The lowest BCUT2D eigenvalue weighted by Gasteiger charge is -1.90. The summed E-state index contributed by atoms with van der Waals surface area (Å²) in [5.41, 5.74) is 0. The number of hydrogen-bond donors (Lipinski definition) is 1. The van der Waals surface area contributed by atoms with Crippen molar-refractivity contribution in [3.05, 3.63) is 12.2 Å². The van der Waals surface area contributed by atoms with E-state index < -0.39 is 12.1 Å². The molecule has 3 heteroatoms. The van der Waals surface area contributed by atoms with Crippen LogP contribution in [0.3, 0.4) is 0 Å². The SMILES string of the molecule is C/C=C/[C@@H](O)C#CC(=O)OC. The Morgan fingerprint density at radius 2 is 2.36 bits per heavy atom. The molecule has 0 aliphatic carbocycles. The zero-order valence-corrected chi connectivity index (χ0v) is 6.50. The molecule has 0 aliphatic heterocycles. The standard InChI is InChI=1S/C8H10O3/c1-3-4-7(9)5-6-8(10)11-2/h3-4,7,9H,1-2H3/b4-3+/t7-/m1/s1. The molecule has 0 rings (SSSR count). The molecule has 0 heterocycles. The Labute approximate surface area is 65.7 Å². The summed E-state index contributed by atoms with van der Waals surface area (Å²) in [4.78, 5) is 10.4. The Balaban J connectivity index is 3.96. The first-order valence-corrected chi connectivity index (χ1v) is 3.11. The van der Waals surface area contributed by atoms with E-state index in [0.717, 1.165) is 0 Å². The molecule has 0 bridgehead atoms. The molecule has 3 nitrogen and oxygen atoms in total. The third-order valence-corrected chi connectivity index (χ3v) is 0.882. The summed E-state index contributed by atoms with van der Waals surface area (Å²) in [5, 5.41) is 8.93. The lowest BCUT2D eigenvalue weighted by molar-refractivity contribution is -0.133. The van der Waals surface area contributed by atoms with Crippen LogP contribution in [-0.2, 0) is 9.53 Å². The van der Waals surface area contributed by atoms with Crippen LogP contribution in [0, 0.1) is 11.8 Å². The third kappa shape index (κ3) is 5.19. The van der Waals surface area contributed by atoms with Crippen LogP contribution in [0.4, 0.5) is 0 Å². The minimum absolute atomic E-state index is 0.645. The highest BCUT2D eigenvalue weighted by Crippen LogP contribution is 1.82. The molecule has 0 aliphatic rings. The molecule has 11 heavy (non-hydrogen) atoms. The molecule has 0 unspecified atom stereocenters. The second-order valence-corrected chi connectivity index (χ2v) is 1.73. The van der Waals surface area contributed by atoms with Crippen LogP contribution in [0.15, 0.2) is 12.2 Å². The van der Waals surface area contributed by atoms with Crippen molar-refractivity contribution in [1.82, 2.24) is 0 Å². The fourth-order valence-electron chi connectivity index (χ4n) is 0.414. The Bertz CT molecular complexity index is 207. The van der Waals surface area contributed by atoms with Gasteiger partial charge in [-0.25, -0.2) is 4.79 Å². The average Bonchev–Trinajstić information content (AvgIpc) is 2.01. The molecule has 0 saturated carbocycles. The second-order valence-electron chi connectivity index (χ2n) is 1.73. The van der Waals surface area contributed by atoms with Gasteiger partial charge in [0, 0.05) is 5.92 Å². The molecule has 1 atom stereocenters. The molecule has 60 valence electrons. The molecule has 0 fully saturated rings. The molecule has 0 aromatic heterocycles. The fraction of sp³-hybridized carbons (Fsp3) is 0.375. The Morgan fingerprint density at radius 1 is 1.73 bits per heavy atom. The summed E-state index contributed by atoms with van der Waals surface area (Å²) < 4.78 is 4.23. The van der Waals surface area contributed by atoms with E-state index in [1.165, 1.54) is 13.2 Å². The quantitative estimate of drug-likeness (QED) is 0.252. The lowest BCUT2D eigenvalue weighted by atomic mass is 10.3. The minimum Gasteiger partial charge on any atom is -0.459 e. The van der Waals surface area contributed by atoms with Gasteiger partial charge >= 0.3 is 5.97 Å². The van der Waals surface area contributed by atoms with Gasteiger partial charge in [0.25, 0.3) is 0 Å². The number of carbonyl (C=O) groups is 1. The van der Waals surface area contributed by atoms with Gasteiger partial charge in [0.2, 0.25) is 0 Å². The smallest absolute Gasteiger partial charge is 0.384 e. The van der Waals surface area contributed by atoms with Gasteiger partial charge in [-0.2, -0.15) is 0 Å². The highest BCUT2D eigenvalue weighted by Gasteiger charge is 1.92. The van der Waals surface area contributed by atoms with Gasteiger partial charge in [-0.05, 0) is 13.0 Å². The summed E-state index contributed by atoms with van der Waals surface area (Å²) >= 11 is 0. The second kappa shape index (κ2) is 5.51. The lowest BCUT2D eigenvalue weighted by Crippen LogP contribution is -2.00. The maximum Gasteiger partial charge on any atom is 0.384 e. The predicted molar refractivity (Wildman–Crippen MR) is 40.6 cm³/mol. The monoisotopic (exact) mass is 154 g/mol. The number of aliphatic hydroxyl groups excluding tert-OH is 1. The molecule has 0 radical (unpaired) electrons. The van der Waals surface area contributed by atoms with Gasteiger partial charge in [-0.3, -0.25) is 0 Å². The molecule has 0 saturated heterocycles. The molecule has 0 amide bonds. The van der Waals surface area contributed by atoms with Gasteiger partial charge < -0.3 is 9.84 Å². The van der Waals surface area contributed by atoms with Gasteiger partial charge in [-0.15, -0.1) is 0 Å². The molecular formula is C8H10O3. The summed E-state index contributed by atoms with van der Waals surface area (Å²) in [6.07, 6.45) is 2.23. The van der Waals surface area contributed by atoms with Crippen LogP contribution in [0.2, 0.25) is 0 Å². The van der Waals surface area contributed by atoms with Crippen LogP contribution in [0.5, 0.6) is 0 Å². The van der Waals surface area contributed by atoms with Crippen molar-refractivity contribution in [1.29, 1.82) is 0 Å². The zero-order valence-electron chi connectivity index (χ0n) is 6.50. The average molecular weight is 154 g/mol. The van der Waals surface area contributed by atoms with Crippen LogP contribution < -0.4 is 0 Å². The molecule has 0 spiro atoms. The Hall–Kier alpha value is -1.27. The van der Waals surface area contributed by atoms with Crippen LogP contribution in [0.25, 0.3) is 0 Å².